The zero-order valence-corrected chi connectivity index (χ0v) is 24.2. The molecule has 41 heavy (non-hydrogen) atoms. The van der Waals surface area contributed by atoms with Crippen LogP contribution in [0.1, 0.15) is 5.69 Å². The molecule has 0 aliphatic heterocycles. The molecule has 0 amide bonds. The smallest absolute Gasteiger partial charge is 0.328 e. The summed E-state index contributed by atoms with van der Waals surface area (Å²) in [5.41, 5.74) is 2.94. The van der Waals surface area contributed by atoms with E-state index < -0.39 is 0 Å². The second-order valence-corrected chi connectivity index (χ2v) is 9.79. The lowest BCUT2D eigenvalue weighted by Gasteiger charge is -2.14. The van der Waals surface area contributed by atoms with Gasteiger partial charge in [0.15, 0.2) is 16.0 Å². The van der Waals surface area contributed by atoms with Crippen LogP contribution < -0.4 is 30.7 Å². The summed E-state index contributed by atoms with van der Waals surface area (Å²) in [7, 11) is 1.61. The Morgan fingerprint density at radius 3 is 2.10 bits per heavy atom. The van der Waals surface area contributed by atoms with E-state index in [1.54, 1.807) is 25.3 Å². The monoisotopic (exact) mass is 602 g/mol. The third-order valence-corrected chi connectivity index (χ3v) is 6.19. The van der Waals surface area contributed by atoms with E-state index in [2.05, 4.69) is 41.2 Å². The molecular formula is C28H23ClN8O2S2. The number of pyridine rings is 1. The van der Waals surface area contributed by atoms with Gasteiger partial charge in [0.2, 0.25) is 11.9 Å². The Morgan fingerprint density at radius 1 is 0.732 bits per heavy atom. The average Bonchev–Trinajstić information content (AvgIpc) is 2.93. The number of thiocarbonyl (C=S) groups is 2. The number of halogens is 1. The SMILES string of the molecule is COc1ccc2nc(C)c(Oc3nc(NC(=S)Nc4ccccc4)nc(NC(=S)Nc4cccc(Cl)c4)n3)cc2c1. The van der Waals surface area contributed by atoms with Crippen molar-refractivity contribution in [2.75, 3.05) is 28.4 Å². The number of methoxy groups -OCH3 is 1. The molecule has 5 aromatic rings. The van der Waals surface area contributed by atoms with Gasteiger partial charge in [-0.1, -0.05) is 35.9 Å². The molecular weight excluding hydrogens is 580 g/mol. The van der Waals surface area contributed by atoms with E-state index in [-0.39, 0.29) is 28.1 Å². The van der Waals surface area contributed by atoms with Crippen molar-refractivity contribution in [3.05, 3.63) is 89.6 Å². The summed E-state index contributed by atoms with van der Waals surface area (Å²) in [5, 5.41) is 14.0. The zero-order chi connectivity index (χ0) is 28.8. The van der Waals surface area contributed by atoms with Crippen LogP contribution in [0.15, 0.2) is 78.9 Å². The second-order valence-electron chi connectivity index (χ2n) is 8.53. The lowest BCUT2D eigenvalue weighted by molar-refractivity contribution is 0.415. The molecule has 0 spiro atoms. The number of aromatic nitrogens is 4. The first-order valence-corrected chi connectivity index (χ1v) is 13.4. The molecule has 0 aliphatic rings. The number of para-hydroxylation sites is 1. The molecule has 0 fully saturated rings. The largest absolute Gasteiger partial charge is 0.497 e. The lowest BCUT2D eigenvalue weighted by atomic mass is 10.2. The molecule has 0 aliphatic carbocycles. The number of nitrogens with one attached hydrogen (secondary N) is 4. The highest BCUT2D eigenvalue weighted by molar-refractivity contribution is 7.81. The molecule has 3 aromatic carbocycles. The van der Waals surface area contributed by atoms with Crippen LogP contribution in [-0.2, 0) is 0 Å². The molecule has 4 N–H and O–H groups in total. The first-order chi connectivity index (χ1) is 19.8. The Hall–Kier alpha value is -4.65. The quantitative estimate of drug-likeness (QED) is 0.147. The Kier molecular flexibility index (Phi) is 8.63. The van der Waals surface area contributed by atoms with Crippen molar-refractivity contribution in [3.8, 4) is 17.5 Å². The fraction of sp³-hybridized carbons (Fsp3) is 0.0714. The number of fused-ring (bicyclic) bond motifs is 1. The van der Waals surface area contributed by atoms with Crippen molar-refractivity contribution in [3.63, 3.8) is 0 Å². The molecule has 2 heterocycles. The summed E-state index contributed by atoms with van der Waals surface area (Å²) < 4.78 is 11.4. The molecule has 0 radical (unpaired) electrons. The van der Waals surface area contributed by atoms with Crippen molar-refractivity contribution < 1.29 is 9.47 Å². The van der Waals surface area contributed by atoms with E-state index in [1.165, 1.54) is 0 Å². The van der Waals surface area contributed by atoms with Gasteiger partial charge >= 0.3 is 6.01 Å². The summed E-state index contributed by atoms with van der Waals surface area (Å²) in [6.07, 6.45) is 0. The zero-order valence-electron chi connectivity index (χ0n) is 21.8. The minimum atomic E-state index is -0.00906. The Bertz CT molecular complexity index is 1740. The van der Waals surface area contributed by atoms with Crippen LogP contribution in [0.25, 0.3) is 10.9 Å². The van der Waals surface area contributed by atoms with E-state index in [4.69, 9.17) is 45.5 Å². The summed E-state index contributed by atoms with van der Waals surface area (Å²) in [6.45, 7) is 1.83. The van der Waals surface area contributed by atoms with Crippen LogP contribution in [-0.4, -0.2) is 37.3 Å². The molecule has 0 bridgehead atoms. The van der Waals surface area contributed by atoms with E-state index in [1.807, 2.05) is 67.6 Å². The van der Waals surface area contributed by atoms with Crippen molar-refractivity contribution in [2.24, 2.45) is 0 Å². The van der Waals surface area contributed by atoms with Gasteiger partial charge in [-0.3, -0.25) is 0 Å². The van der Waals surface area contributed by atoms with Crippen molar-refractivity contribution in [2.45, 2.75) is 6.92 Å². The molecule has 0 atom stereocenters. The molecule has 2 aromatic heterocycles. The van der Waals surface area contributed by atoms with Gasteiger partial charge < -0.3 is 30.7 Å². The van der Waals surface area contributed by atoms with Gasteiger partial charge in [-0.05, 0) is 86.0 Å². The normalized spacial score (nSPS) is 10.5. The van der Waals surface area contributed by atoms with Gasteiger partial charge in [0.25, 0.3) is 0 Å². The van der Waals surface area contributed by atoms with Gasteiger partial charge in [0, 0.05) is 21.8 Å². The molecule has 10 nitrogen and oxygen atoms in total. The molecule has 0 saturated heterocycles. The van der Waals surface area contributed by atoms with Crippen molar-refractivity contribution in [1.82, 2.24) is 19.9 Å². The molecule has 206 valence electrons. The number of anilines is 4. The Morgan fingerprint density at radius 2 is 1.41 bits per heavy atom. The number of aryl methyl sites for hydroxylation is 1. The van der Waals surface area contributed by atoms with Crippen LogP contribution in [0.3, 0.4) is 0 Å². The predicted molar refractivity (Wildman–Crippen MR) is 171 cm³/mol. The van der Waals surface area contributed by atoms with Crippen molar-refractivity contribution in [1.29, 1.82) is 0 Å². The topological polar surface area (TPSA) is 118 Å². The van der Waals surface area contributed by atoms with Crippen LogP contribution in [0.5, 0.6) is 17.5 Å². The summed E-state index contributed by atoms with van der Waals surface area (Å²) in [6, 6.07) is 24.0. The van der Waals surface area contributed by atoms with Gasteiger partial charge in [-0.25, -0.2) is 4.98 Å². The summed E-state index contributed by atoms with van der Waals surface area (Å²) in [4.78, 5) is 17.9. The number of ether oxygens (including phenoxy) is 2. The molecule has 0 unspecified atom stereocenters. The van der Waals surface area contributed by atoms with Crippen LogP contribution in [0.2, 0.25) is 5.02 Å². The average molecular weight is 603 g/mol. The maximum atomic E-state index is 6.10. The van der Waals surface area contributed by atoms with E-state index in [0.29, 0.717) is 27.9 Å². The molecule has 0 saturated carbocycles. The first-order valence-electron chi connectivity index (χ1n) is 12.2. The standard InChI is InChI=1S/C28H23ClN8O2S2/c1-16-23(14-17-13-21(38-2)11-12-22(17)30-16)39-26-34-24(36-27(40)31-19-8-4-3-5-9-19)33-25(35-26)37-28(41)32-20-10-6-7-18(29)15-20/h3-15H,1-2H3,(H4,31,32,33,34,35,36,37,40,41). The molecule has 13 heteroatoms. The fourth-order valence-electron chi connectivity index (χ4n) is 3.69. The number of rotatable bonds is 7. The van der Waals surface area contributed by atoms with Gasteiger partial charge in [0.1, 0.15) is 5.75 Å². The third kappa shape index (κ3) is 7.51. The number of nitrogens with zero attached hydrogens (tertiary/aromatic N) is 4. The third-order valence-electron chi connectivity index (χ3n) is 5.55. The second kappa shape index (κ2) is 12.7. The first kappa shape index (κ1) is 27.9. The van der Waals surface area contributed by atoms with E-state index in [0.717, 1.165) is 16.6 Å². The van der Waals surface area contributed by atoms with Crippen LogP contribution in [0, 0.1) is 6.92 Å². The van der Waals surface area contributed by atoms with Crippen LogP contribution in [0.4, 0.5) is 23.3 Å². The number of hydrogen-bond donors (Lipinski definition) is 4. The highest BCUT2D eigenvalue weighted by Crippen LogP contribution is 2.29. The van der Waals surface area contributed by atoms with Crippen LogP contribution >= 0.6 is 36.0 Å². The highest BCUT2D eigenvalue weighted by Gasteiger charge is 2.14. The van der Waals surface area contributed by atoms with Gasteiger partial charge in [0.05, 0.1) is 18.3 Å². The lowest BCUT2D eigenvalue weighted by Crippen LogP contribution is -2.23. The number of benzene rings is 3. The van der Waals surface area contributed by atoms with Gasteiger partial charge in [-0.15, -0.1) is 0 Å². The highest BCUT2D eigenvalue weighted by atomic mass is 35.5. The van der Waals surface area contributed by atoms with Crippen molar-refractivity contribution >= 4 is 80.4 Å². The Labute approximate surface area is 251 Å². The minimum Gasteiger partial charge on any atom is -0.497 e. The summed E-state index contributed by atoms with van der Waals surface area (Å²) >= 11 is 17.0. The van der Waals surface area contributed by atoms with E-state index in [9.17, 15) is 0 Å². The maximum Gasteiger partial charge on any atom is 0.328 e. The predicted octanol–water partition coefficient (Wildman–Crippen LogP) is 6.80. The minimum absolute atomic E-state index is 0.00906. The number of hydrogen-bond acceptors (Lipinski definition) is 8. The summed E-state index contributed by atoms with van der Waals surface area (Å²) in [5.74, 6) is 1.41. The fourth-order valence-corrected chi connectivity index (χ4v) is 4.30. The van der Waals surface area contributed by atoms with Gasteiger partial charge in [-0.2, -0.15) is 15.0 Å². The molecule has 5 rings (SSSR count). The maximum absolute atomic E-state index is 6.10. The Balaban J connectivity index is 1.42. The van der Waals surface area contributed by atoms with E-state index >= 15 is 0 Å².